The predicted octanol–water partition coefficient (Wildman–Crippen LogP) is 4.56. The van der Waals surface area contributed by atoms with Crippen molar-refractivity contribution in [3.05, 3.63) is 160 Å². The van der Waals surface area contributed by atoms with E-state index in [2.05, 4.69) is 10.6 Å². The fraction of sp³-hybridized carbons (Fsp3) is 0.328. The zero-order valence-corrected chi connectivity index (χ0v) is 45.9. The summed E-state index contributed by atoms with van der Waals surface area (Å²) in [4.78, 5) is 78.3. The second-order valence-electron chi connectivity index (χ2n) is 19.8. The molecule has 0 aliphatic carbocycles. The average molecular weight is 1120 g/mol. The van der Waals surface area contributed by atoms with Crippen molar-refractivity contribution in [3.63, 3.8) is 0 Å². The molecule has 8 rings (SSSR count). The number of fused-ring (bicyclic) bond motifs is 1. The summed E-state index contributed by atoms with van der Waals surface area (Å²) in [7, 11) is 1.74. The normalized spacial score (nSPS) is 16.9. The monoisotopic (exact) mass is 1120 g/mol. The van der Waals surface area contributed by atoms with Crippen molar-refractivity contribution < 1.29 is 72.7 Å². The molecule has 2 amide bonds. The first-order chi connectivity index (χ1) is 39.4. The van der Waals surface area contributed by atoms with E-state index in [1.165, 1.54) is 17.7 Å². The van der Waals surface area contributed by atoms with E-state index in [1.54, 1.807) is 42.1 Å². The van der Waals surface area contributed by atoms with Gasteiger partial charge in [0.25, 0.3) is 5.56 Å². The Morgan fingerprint density at radius 1 is 0.720 bits per heavy atom. The number of pyridine rings is 1. The number of nitrogens with zero attached hydrogens (tertiary/aromatic N) is 3. The molecular formula is C61H67N6O15+. The summed E-state index contributed by atoms with van der Waals surface area (Å²) in [5.74, 6) is -3.05. The van der Waals surface area contributed by atoms with Crippen LogP contribution in [0.4, 0.5) is 11.4 Å². The van der Waals surface area contributed by atoms with Crippen LogP contribution >= 0.6 is 0 Å². The highest BCUT2D eigenvalue weighted by molar-refractivity contribution is 6.16. The van der Waals surface area contributed by atoms with Gasteiger partial charge in [-0.05, 0) is 79.6 Å². The van der Waals surface area contributed by atoms with E-state index in [4.69, 9.17) is 29.4 Å². The van der Waals surface area contributed by atoms with Gasteiger partial charge in [0.05, 0.1) is 62.4 Å². The summed E-state index contributed by atoms with van der Waals surface area (Å²) in [6.07, 6.45) is -9.34. The Kier molecular flexibility index (Phi) is 19.9. The summed E-state index contributed by atoms with van der Waals surface area (Å²) in [6, 6.07) is 36.3. The van der Waals surface area contributed by atoms with Crippen LogP contribution in [0.2, 0.25) is 0 Å². The number of hydrogen-bond acceptors (Lipinski definition) is 15. The fourth-order valence-electron chi connectivity index (χ4n) is 9.70. The first kappa shape index (κ1) is 59.7. The molecule has 1 fully saturated rings. The summed E-state index contributed by atoms with van der Waals surface area (Å²) < 4.78 is 32.7. The fourth-order valence-corrected chi connectivity index (χ4v) is 9.70. The number of rotatable bonds is 26. The van der Waals surface area contributed by atoms with Gasteiger partial charge in [-0.15, -0.1) is 0 Å². The number of nitrogens with two attached hydrogens (primary N) is 1. The maximum Gasteiger partial charge on any atom is 0.335 e. The zero-order valence-electron chi connectivity index (χ0n) is 45.9. The highest BCUT2D eigenvalue weighted by Crippen LogP contribution is 2.37. The van der Waals surface area contributed by atoms with Crippen LogP contribution in [0.1, 0.15) is 58.9 Å². The number of para-hydroxylation sites is 1. The molecule has 82 heavy (non-hydrogen) atoms. The third kappa shape index (κ3) is 14.0. The number of carboxylic acids is 1. The number of ketones is 2. The largest absolute Gasteiger partial charge is 0.479 e. The SMILES string of the molecule is CC(=O)CCOCCOCCOCCC(=O)NCCC(=O)Nc1cc(C[n+]2c(C)ccc3cc(-c4c(C)ccc(C(=O)c5c(-c6ccccc6)n(C)n(-c6ccccc6)c5=O)c4N)ccc32)ccc1O[C@@H]1O[C@H](C(=O)O)[C@@H](O)[C@H](O)[C@H]1O. The number of anilines is 2. The molecule has 2 aromatic heterocycles. The van der Waals surface area contributed by atoms with Gasteiger partial charge in [-0.25, -0.2) is 9.48 Å². The number of carbonyl (C=O) groups is 5. The second-order valence-corrected chi connectivity index (χ2v) is 19.8. The van der Waals surface area contributed by atoms with E-state index < -0.39 is 53.9 Å². The highest BCUT2D eigenvalue weighted by Gasteiger charge is 2.48. The van der Waals surface area contributed by atoms with Gasteiger partial charge in [0.2, 0.25) is 29.4 Å². The third-order valence-corrected chi connectivity index (χ3v) is 14.0. The van der Waals surface area contributed by atoms with Crippen LogP contribution < -0.4 is 31.2 Å². The van der Waals surface area contributed by atoms with Crippen LogP contribution in [0, 0.1) is 13.8 Å². The van der Waals surface area contributed by atoms with Gasteiger partial charge in [0, 0.05) is 79.6 Å². The molecule has 5 aromatic carbocycles. The highest BCUT2D eigenvalue weighted by atomic mass is 16.7. The Morgan fingerprint density at radius 2 is 1.39 bits per heavy atom. The minimum atomic E-state index is -1.96. The van der Waals surface area contributed by atoms with Crippen molar-refractivity contribution in [1.82, 2.24) is 14.7 Å². The number of aliphatic carboxylic acids is 1. The van der Waals surface area contributed by atoms with Crippen LogP contribution in [0.25, 0.3) is 39.0 Å². The Hall–Kier alpha value is -8.41. The first-order valence-electron chi connectivity index (χ1n) is 26.7. The number of hydrogen-bond donors (Lipinski definition) is 7. The number of amides is 2. The average Bonchev–Trinajstić information content (AvgIpc) is 3.81. The Bertz CT molecular complexity index is 3510. The molecule has 0 radical (unpaired) electrons. The lowest BCUT2D eigenvalue weighted by Gasteiger charge is -2.38. The van der Waals surface area contributed by atoms with Crippen molar-refractivity contribution in [2.24, 2.45) is 7.05 Å². The number of Topliss-reactive ketones (excluding diaryl/α,β-unsaturated/α-hetero) is 1. The molecule has 8 N–H and O–H groups in total. The number of benzene rings is 5. The number of carbonyl (C=O) groups excluding carboxylic acids is 4. The van der Waals surface area contributed by atoms with E-state index in [0.717, 1.165) is 27.7 Å². The summed E-state index contributed by atoms with van der Waals surface area (Å²) in [6.45, 7) is 7.17. The summed E-state index contributed by atoms with van der Waals surface area (Å²) in [5, 5.41) is 47.6. The van der Waals surface area contributed by atoms with Crippen molar-refractivity contribution in [2.45, 2.75) is 77.3 Å². The van der Waals surface area contributed by atoms with Gasteiger partial charge in [0.15, 0.2) is 18.3 Å². The lowest BCUT2D eigenvalue weighted by molar-refractivity contribution is -0.668. The summed E-state index contributed by atoms with van der Waals surface area (Å²) >= 11 is 0. The number of nitrogen functional groups attached to an aromatic ring is 1. The van der Waals surface area contributed by atoms with Crippen LogP contribution in [0.15, 0.2) is 126 Å². The Labute approximate surface area is 472 Å². The minimum Gasteiger partial charge on any atom is -0.479 e. The van der Waals surface area contributed by atoms with Crippen molar-refractivity contribution in [1.29, 1.82) is 0 Å². The van der Waals surface area contributed by atoms with Gasteiger partial charge in [-0.1, -0.05) is 54.6 Å². The molecule has 0 unspecified atom stereocenters. The molecule has 21 nitrogen and oxygen atoms in total. The van der Waals surface area contributed by atoms with Gasteiger partial charge < -0.3 is 60.5 Å². The van der Waals surface area contributed by atoms with E-state index in [-0.39, 0.29) is 85.7 Å². The number of aromatic nitrogens is 3. The molecule has 1 saturated heterocycles. The molecule has 7 aromatic rings. The molecule has 0 bridgehead atoms. The quantitative estimate of drug-likeness (QED) is 0.0169. The van der Waals surface area contributed by atoms with Crippen LogP contribution in [0.5, 0.6) is 5.75 Å². The first-order valence-corrected chi connectivity index (χ1v) is 26.7. The van der Waals surface area contributed by atoms with Gasteiger partial charge in [-0.3, -0.25) is 28.7 Å². The van der Waals surface area contributed by atoms with Crippen molar-refractivity contribution >= 4 is 51.6 Å². The van der Waals surface area contributed by atoms with E-state index in [0.29, 0.717) is 54.3 Å². The molecule has 430 valence electrons. The number of aliphatic hydroxyl groups is 3. The molecule has 0 spiro atoms. The number of aryl methyl sites for hydroxylation is 2. The number of aliphatic hydroxyl groups excluding tert-OH is 3. The molecule has 5 atom stereocenters. The second kappa shape index (κ2) is 27.4. The molecule has 0 saturated carbocycles. The lowest BCUT2D eigenvalue weighted by Crippen LogP contribution is -2.61. The van der Waals surface area contributed by atoms with Crippen LogP contribution in [-0.2, 0) is 51.7 Å². The number of nitrogens with one attached hydrogen (secondary N) is 2. The van der Waals surface area contributed by atoms with Crippen LogP contribution in [-0.4, -0.2) is 136 Å². The number of ether oxygens (including phenoxy) is 5. The predicted molar refractivity (Wildman–Crippen MR) is 302 cm³/mol. The molecular weight excluding hydrogens is 1060 g/mol. The zero-order chi connectivity index (χ0) is 58.6. The molecule has 3 heterocycles. The topological polar surface area (TPSA) is 293 Å². The smallest absolute Gasteiger partial charge is 0.335 e. The van der Waals surface area contributed by atoms with Crippen molar-refractivity contribution in [2.75, 3.05) is 57.2 Å². The molecule has 21 heteroatoms. The van der Waals surface area contributed by atoms with Gasteiger partial charge in [-0.2, -0.15) is 4.57 Å². The van der Waals surface area contributed by atoms with E-state index in [1.807, 2.05) is 103 Å². The maximum absolute atomic E-state index is 14.9. The summed E-state index contributed by atoms with van der Waals surface area (Å²) in [5.41, 5.74) is 13.1. The minimum absolute atomic E-state index is 0.0230. The maximum atomic E-state index is 14.9. The van der Waals surface area contributed by atoms with Gasteiger partial charge in [0.1, 0.15) is 35.4 Å². The standard InChI is InChI=1S/C61H66N6O15/c1-36-15-20-44(54(71)51-53(40-11-7-5-8-12-40)65(4)67(59(51)75)43-13-9-6-10-14-43)52(62)50(36)42-19-21-46-41(34-42)18-16-37(2)66(46)35-39-17-22-47(81-61-57(74)55(72)56(73)58(82-61)60(76)77)45(33-39)64-49(70)23-26-63-48(69)25-28-79-30-32-80-31-29-78-27-24-38(3)68/h5-22,33-34,55-58,61,72-74H,23-32,35H2,1-4H3,(H4-,62,63,64,69,70,71,76,77)/p+1/t55-,56-,57+,58-,61+/m0/s1. The van der Waals surface area contributed by atoms with Gasteiger partial charge >= 0.3 is 5.97 Å². The number of carboxylic acid groups (broad SMARTS) is 1. The van der Waals surface area contributed by atoms with E-state index >= 15 is 0 Å². The van der Waals surface area contributed by atoms with E-state index in [9.17, 15) is 49.2 Å². The lowest BCUT2D eigenvalue weighted by atomic mass is 9.91. The van der Waals surface area contributed by atoms with Crippen molar-refractivity contribution in [3.8, 4) is 33.8 Å². The van der Waals surface area contributed by atoms with Crippen LogP contribution in [0.3, 0.4) is 0 Å². The third-order valence-electron chi connectivity index (χ3n) is 14.0. The molecule has 1 aliphatic heterocycles. The Morgan fingerprint density at radius 3 is 2.07 bits per heavy atom. The Balaban J connectivity index is 1.01. The molecule has 1 aliphatic rings.